The fourth-order valence-corrected chi connectivity index (χ4v) is 2.81. The molecule has 0 aliphatic heterocycles. The summed E-state index contributed by atoms with van der Waals surface area (Å²) in [5.74, 6) is -0.222. The van der Waals surface area contributed by atoms with Crippen LogP contribution in [-0.4, -0.2) is 0 Å². The van der Waals surface area contributed by atoms with E-state index in [1.54, 1.807) is 6.07 Å². The molecule has 3 rings (SSSR count). The summed E-state index contributed by atoms with van der Waals surface area (Å²) in [6, 6.07) is 19.2. The molecular formula is C18H15BrFN. The van der Waals surface area contributed by atoms with Gasteiger partial charge in [-0.15, -0.1) is 0 Å². The molecule has 21 heavy (non-hydrogen) atoms. The average molecular weight is 344 g/mol. The Bertz CT molecular complexity index is 785. The van der Waals surface area contributed by atoms with Crippen LogP contribution in [-0.2, 0) is 6.42 Å². The highest BCUT2D eigenvalue weighted by molar-refractivity contribution is 9.10. The molecule has 2 N–H and O–H groups in total. The second-order valence-electron chi connectivity index (χ2n) is 5.15. The molecule has 0 fully saturated rings. The SMILES string of the molecule is NC(Cc1ccc(Br)cc1F)c1ccc2ccccc2c1. The molecule has 106 valence electrons. The van der Waals surface area contributed by atoms with Crippen molar-refractivity contribution >= 4 is 26.7 Å². The van der Waals surface area contributed by atoms with Gasteiger partial charge >= 0.3 is 0 Å². The standard InChI is InChI=1S/C18H15BrFN/c19-16-8-7-14(17(20)11-16)10-18(21)15-6-5-12-3-1-2-4-13(12)9-15/h1-9,11,18H,10,21H2. The van der Waals surface area contributed by atoms with Gasteiger partial charge in [0.2, 0.25) is 0 Å². The molecule has 3 aromatic carbocycles. The van der Waals surface area contributed by atoms with Crippen molar-refractivity contribution in [1.29, 1.82) is 0 Å². The van der Waals surface area contributed by atoms with Crippen LogP contribution in [0.25, 0.3) is 10.8 Å². The van der Waals surface area contributed by atoms with Gasteiger partial charge in [0.25, 0.3) is 0 Å². The molecule has 3 heteroatoms. The van der Waals surface area contributed by atoms with Crippen molar-refractivity contribution in [3.8, 4) is 0 Å². The van der Waals surface area contributed by atoms with Gasteiger partial charge in [0.15, 0.2) is 0 Å². The fraction of sp³-hybridized carbons (Fsp3) is 0.111. The zero-order valence-corrected chi connectivity index (χ0v) is 13.0. The lowest BCUT2D eigenvalue weighted by Gasteiger charge is -2.14. The number of rotatable bonds is 3. The largest absolute Gasteiger partial charge is 0.324 e. The Kier molecular flexibility index (Phi) is 4.04. The summed E-state index contributed by atoms with van der Waals surface area (Å²) in [6.07, 6.45) is 0.484. The summed E-state index contributed by atoms with van der Waals surface area (Å²) >= 11 is 3.26. The first-order valence-electron chi connectivity index (χ1n) is 6.82. The maximum absolute atomic E-state index is 13.9. The van der Waals surface area contributed by atoms with E-state index in [2.05, 4.69) is 40.2 Å². The molecule has 1 nitrogen and oxygen atoms in total. The third kappa shape index (κ3) is 3.14. The maximum atomic E-state index is 13.9. The van der Waals surface area contributed by atoms with Crippen molar-refractivity contribution in [2.24, 2.45) is 5.73 Å². The smallest absolute Gasteiger partial charge is 0.127 e. The third-order valence-corrected chi connectivity index (χ3v) is 4.15. The molecular weight excluding hydrogens is 329 g/mol. The predicted octanol–water partition coefficient (Wildman–Crippen LogP) is 4.98. The maximum Gasteiger partial charge on any atom is 0.127 e. The molecule has 0 aliphatic carbocycles. The second-order valence-corrected chi connectivity index (χ2v) is 6.07. The minimum absolute atomic E-state index is 0.217. The van der Waals surface area contributed by atoms with Crippen molar-refractivity contribution in [1.82, 2.24) is 0 Å². The molecule has 0 heterocycles. The summed E-state index contributed by atoms with van der Waals surface area (Å²) in [5.41, 5.74) is 7.91. The lowest BCUT2D eigenvalue weighted by atomic mass is 9.97. The van der Waals surface area contributed by atoms with Gasteiger partial charge in [0.1, 0.15) is 5.82 Å². The van der Waals surface area contributed by atoms with E-state index < -0.39 is 0 Å². The molecule has 0 aromatic heterocycles. The van der Waals surface area contributed by atoms with Crippen LogP contribution in [0.1, 0.15) is 17.2 Å². The van der Waals surface area contributed by atoms with Crippen LogP contribution in [0.4, 0.5) is 4.39 Å². The monoisotopic (exact) mass is 343 g/mol. The van der Waals surface area contributed by atoms with E-state index >= 15 is 0 Å². The Balaban J connectivity index is 1.87. The first-order chi connectivity index (χ1) is 10.1. The number of halogens is 2. The van der Waals surface area contributed by atoms with E-state index in [0.717, 1.165) is 15.4 Å². The fourth-order valence-electron chi connectivity index (χ4n) is 2.48. The van der Waals surface area contributed by atoms with Crippen LogP contribution in [0, 0.1) is 5.82 Å². The number of benzene rings is 3. The Morgan fingerprint density at radius 3 is 2.48 bits per heavy atom. The van der Waals surface area contributed by atoms with Gasteiger partial charge in [-0.2, -0.15) is 0 Å². The minimum Gasteiger partial charge on any atom is -0.324 e. The lowest BCUT2D eigenvalue weighted by Crippen LogP contribution is -2.14. The highest BCUT2D eigenvalue weighted by atomic mass is 79.9. The molecule has 0 saturated carbocycles. The van der Waals surface area contributed by atoms with Gasteiger partial charge in [0.05, 0.1) is 0 Å². The molecule has 0 bridgehead atoms. The van der Waals surface area contributed by atoms with E-state index in [9.17, 15) is 4.39 Å². The van der Waals surface area contributed by atoms with Gasteiger partial charge in [-0.1, -0.05) is 58.4 Å². The van der Waals surface area contributed by atoms with E-state index in [-0.39, 0.29) is 11.9 Å². The van der Waals surface area contributed by atoms with Gasteiger partial charge in [-0.05, 0) is 46.5 Å². The summed E-state index contributed by atoms with van der Waals surface area (Å²) in [5, 5.41) is 2.34. The number of nitrogens with two attached hydrogens (primary N) is 1. The number of hydrogen-bond acceptors (Lipinski definition) is 1. The van der Waals surface area contributed by atoms with Crippen LogP contribution in [0.2, 0.25) is 0 Å². The van der Waals surface area contributed by atoms with Crippen molar-refractivity contribution < 1.29 is 4.39 Å². The van der Waals surface area contributed by atoms with Crippen LogP contribution >= 0.6 is 15.9 Å². The van der Waals surface area contributed by atoms with Crippen LogP contribution in [0.3, 0.4) is 0 Å². The van der Waals surface area contributed by atoms with Crippen LogP contribution < -0.4 is 5.73 Å². The summed E-state index contributed by atoms with van der Waals surface area (Å²) < 4.78 is 14.6. The molecule has 0 aliphatic rings. The lowest BCUT2D eigenvalue weighted by molar-refractivity contribution is 0.592. The molecule has 1 atom stereocenters. The predicted molar refractivity (Wildman–Crippen MR) is 88.7 cm³/mol. The van der Waals surface area contributed by atoms with E-state index in [1.807, 2.05) is 24.3 Å². The quantitative estimate of drug-likeness (QED) is 0.712. The van der Waals surface area contributed by atoms with Crippen LogP contribution in [0.15, 0.2) is 65.1 Å². The summed E-state index contributed by atoms with van der Waals surface area (Å²) in [7, 11) is 0. The Labute approximate surface area is 131 Å². The molecule has 1 unspecified atom stereocenters. The summed E-state index contributed by atoms with van der Waals surface area (Å²) in [4.78, 5) is 0. The Morgan fingerprint density at radius 2 is 1.71 bits per heavy atom. The van der Waals surface area contributed by atoms with Crippen molar-refractivity contribution in [2.45, 2.75) is 12.5 Å². The van der Waals surface area contributed by atoms with Gasteiger partial charge in [-0.3, -0.25) is 0 Å². The second kappa shape index (κ2) is 5.96. The minimum atomic E-state index is -0.222. The van der Waals surface area contributed by atoms with E-state index in [0.29, 0.717) is 12.0 Å². The summed E-state index contributed by atoms with van der Waals surface area (Å²) in [6.45, 7) is 0. The molecule has 0 saturated heterocycles. The molecule has 0 amide bonds. The van der Waals surface area contributed by atoms with Crippen LogP contribution in [0.5, 0.6) is 0 Å². The molecule has 0 radical (unpaired) electrons. The molecule has 3 aromatic rings. The average Bonchev–Trinajstić information content (AvgIpc) is 2.49. The van der Waals surface area contributed by atoms with E-state index in [4.69, 9.17) is 5.73 Å². The number of hydrogen-bond donors (Lipinski definition) is 1. The molecule has 0 spiro atoms. The zero-order chi connectivity index (χ0) is 14.8. The van der Waals surface area contributed by atoms with Gasteiger partial charge in [-0.25, -0.2) is 4.39 Å². The first-order valence-corrected chi connectivity index (χ1v) is 7.61. The van der Waals surface area contributed by atoms with E-state index in [1.165, 1.54) is 11.5 Å². The highest BCUT2D eigenvalue weighted by Crippen LogP contribution is 2.24. The Hall–Kier alpha value is -1.71. The number of fused-ring (bicyclic) bond motifs is 1. The highest BCUT2D eigenvalue weighted by Gasteiger charge is 2.11. The van der Waals surface area contributed by atoms with Crippen molar-refractivity contribution in [3.63, 3.8) is 0 Å². The zero-order valence-electron chi connectivity index (χ0n) is 11.4. The van der Waals surface area contributed by atoms with Crippen molar-refractivity contribution in [3.05, 3.63) is 82.1 Å². The van der Waals surface area contributed by atoms with Gasteiger partial charge < -0.3 is 5.73 Å². The first kappa shape index (κ1) is 14.2. The van der Waals surface area contributed by atoms with Crippen molar-refractivity contribution in [2.75, 3.05) is 0 Å². The Morgan fingerprint density at radius 1 is 0.952 bits per heavy atom. The third-order valence-electron chi connectivity index (χ3n) is 3.66. The van der Waals surface area contributed by atoms with Gasteiger partial charge in [0, 0.05) is 10.5 Å². The normalized spacial score (nSPS) is 12.5. The topological polar surface area (TPSA) is 26.0 Å².